The Kier molecular flexibility index (Phi) is 94.0. The number of anilines is 2. The number of fused-ring (bicyclic) bond motifs is 5. The van der Waals surface area contributed by atoms with Crippen LogP contribution in [0.3, 0.4) is 0 Å². The van der Waals surface area contributed by atoms with Crippen LogP contribution in [-0.2, 0) is 83.5 Å². The third-order valence-corrected chi connectivity index (χ3v) is 17.1. The average molecular weight is 2160 g/mol. The van der Waals surface area contributed by atoms with E-state index in [1.807, 2.05) is 49.5 Å². The van der Waals surface area contributed by atoms with Crippen LogP contribution >= 0.6 is 84.4 Å². The maximum Gasteiger partial charge on any atom is 1.00 e. The third-order valence-electron chi connectivity index (χ3n) is 17.1. The molecule has 34 nitrogen and oxygen atoms in total. The van der Waals surface area contributed by atoms with Crippen molar-refractivity contribution in [2.24, 2.45) is 0 Å². The van der Waals surface area contributed by atoms with Crippen LogP contribution in [-0.4, -0.2) is 231 Å². The van der Waals surface area contributed by atoms with E-state index in [1.165, 1.54) is 38.5 Å². The number of methoxy groups -OCH3 is 6. The number of nitrogen functional groups attached to an aromatic ring is 2. The summed E-state index contributed by atoms with van der Waals surface area (Å²) in [4.78, 5) is 90.8. The molecule has 10 heterocycles. The van der Waals surface area contributed by atoms with E-state index >= 15 is 0 Å². The van der Waals surface area contributed by atoms with Crippen LogP contribution in [0.5, 0.6) is 35.1 Å². The van der Waals surface area contributed by atoms with E-state index in [0.29, 0.717) is 39.3 Å². The number of carbonyl (C=O) groups excluding carboxylic acids is 2. The molecule has 0 fully saturated rings. The molecule has 1 amide bonds. The molecule has 0 radical (unpaired) electrons. The van der Waals surface area contributed by atoms with Crippen molar-refractivity contribution in [3.8, 4) is 179 Å². The number of nitro groups is 3. The predicted molar refractivity (Wildman–Crippen MR) is 560 cm³/mol. The van der Waals surface area contributed by atoms with Crippen LogP contribution in [0.2, 0.25) is 0 Å². The number of hydrogen-bond acceptors (Lipinski definition) is 29. The van der Waals surface area contributed by atoms with Gasteiger partial charge in [-0.3, -0.25) is 44.7 Å². The fraction of sp³-hybridized carbons (Fsp3) is 0.370. The first kappa shape index (κ1) is 144. The van der Waals surface area contributed by atoms with Gasteiger partial charge < -0.3 is 86.6 Å². The predicted octanol–water partition coefficient (Wildman–Crippen LogP) is 4.29. The maximum atomic E-state index is 12.5. The number of nitrogens with one attached hydrogen (secondary N) is 1. The minimum atomic E-state index is -4.94. The first-order valence-electron chi connectivity index (χ1n) is 39.7. The van der Waals surface area contributed by atoms with E-state index in [1.54, 1.807) is 54.2 Å². The zero-order chi connectivity index (χ0) is 103. The largest absolute Gasteiger partial charge is 1.00 e. The molecular weight excluding hydrogens is 2040 g/mol. The summed E-state index contributed by atoms with van der Waals surface area (Å²) >= 11 is 0. The number of benzene rings is 1. The van der Waals surface area contributed by atoms with Gasteiger partial charge in [0.15, 0.2) is 0 Å². The van der Waals surface area contributed by atoms with Crippen molar-refractivity contribution in [1.82, 2.24) is 49.8 Å². The van der Waals surface area contributed by atoms with E-state index < -0.39 is 26.9 Å². The van der Waals surface area contributed by atoms with Gasteiger partial charge in [-0.05, 0) is 246 Å². The van der Waals surface area contributed by atoms with Crippen LogP contribution < -0.4 is 153 Å². The average Bonchev–Trinajstić information content (AvgIpc) is 1.39. The zero-order valence-corrected chi connectivity index (χ0v) is 96.0. The van der Waals surface area contributed by atoms with Crippen LogP contribution in [0.15, 0.2) is 60.7 Å². The van der Waals surface area contributed by atoms with E-state index in [0.717, 1.165) is 158 Å². The van der Waals surface area contributed by atoms with Crippen molar-refractivity contribution in [2.45, 2.75) is 91.2 Å². The first-order valence-corrected chi connectivity index (χ1v) is 50.5. The molecule has 0 bridgehead atoms. The summed E-state index contributed by atoms with van der Waals surface area (Å²) in [6.07, 6.45) is 16.8. The van der Waals surface area contributed by atoms with Crippen LogP contribution in [0.4, 0.5) is 41.6 Å². The Balaban J connectivity index is -0.000000198. The van der Waals surface area contributed by atoms with Crippen LogP contribution in [0.25, 0.3) is 0 Å². The summed E-state index contributed by atoms with van der Waals surface area (Å²) in [5.74, 6) is 51.0. The Bertz CT molecular complexity index is 5450. The second kappa shape index (κ2) is 91.3. The number of terminal acetylenes is 3. The summed E-state index contributed by atoms with van der Waals surface area (Å²) in [6.45, 7) is 12.3. The van der Waals surface area contributed by atoms with Gasteiger partial charge in [-0.1, -0.05) is 43.9 Å². The van der Waals surface area contributed by atoms with Crippen molar-refractivity contribution in [3.05, 3.63) is 147 Å². The van der Waals surface area contributed by atoms with E-state index in [4.69, 9.17) is 84.2 Å². The molecule has 5 atom stereocenters. The number of pyridine rings is 5. The molecule has 0 saturated carbocycles. The van der Waals surface area contributed by atoms with Gasteiger partial charge in [-0.2, -0.15) is 13.2 Å². The number of alkyl halides is 3. The molecule has 5 aliphatic heterocycles. The molecule has 0 spiro atoms. The molecule has 6 aromatic rings. The molecular formula is C92H117Cl2F3K2N15O19P7. The number of ether oxygens (including phenoxy) is 6. The standard InChI is InChI=1S/C12H12F3N3O4.C11H15N3O3.2C11H17N3O.C10H13N3O3.C10H2.C9H4.C8H6.C7H8O.CH2O3.CH2O2.CH4O.2ClH.2K.H6P4.H5P3.H2.H/c1-22-10-9(18(20)21)6-7-2-4-17(5-3-8(7)16-10)11(19)12(13,14)15;1-13-5-3-8-7-10(14(15)16)11(17-2)12-9(8)4-6-13;2*1-14-5-3-8-7-9(12)11(15-2)13-10(8)4-6-14;1-16-10-9(13(14)15)6-7-2-4-11-5-3-8(7)12-10;1-3-5-7-9-10-8-6-4-2;1-3-5-7-9-8-6-4-2;1-3-5-7-8-6-4-2;1-8-7-5-3-2-4-6-7;2-1-4-3;2-1-3;1-2;;;;;1-4(2)3;1-3-2;;/h6H,2-5H2,1H3;7H,3-6H2,1-2H3;2*7H,3-6,12H2,1-2H3;6,11H,2-5H2,1H3;1-2H;1H,2H3;1-2H3;2-6H,1H3;1,3H;1H,(H,2,3);2H,1H3;2*1H;;;1-3H2;3H,1-2H2;1H;/q;;;;;;;;;;;;;;2*+1;;;;-1/p-1. The topological polar surface area (TPSA) is 450 Å². The van der Waals surface area contributed by atoms with E-state index in [9.17, 15) is 48.3 Å². The molecule has 5 aliphatic rings. The van der Waals surface area contributed by atoms with Gasteiger partial charge in [0.1, 0.15) is 5.75 Å². The molecule has 0 saturated heterocycles. The van der Waals surface area contributed by atoms with Gasteiger partial charge >= 0.3 is 132 Å². The van der Waals surface area contributed by atoms with Crippen molar-refractivity contribution >= 4 is 132 Å². The Morgan fingerprint density at radius 3 is 1.00 bits per heavy atom. The fourth-order valence-electron chi connectivity index (χ4n) is 11.0. The first-order chi connectivity index (χ1) is 65.1. The normalized spacial score (nSPS) is 11.5. The zero-order valence-electron chi connectivity index (χ0n) is 81.4. The Hall–Kier alpha value is -8.89. The Morgan fingerprint density at radius 2 is 0.736 bits per heavy atom. The summed E-state index contributed by atoms with van der Waals surface area (Å²) in [5, 5.41) is 58.2. The summed E-state index contributed by atoms with van der Waals surface area (Å²) in [6, 6.07) is 18.1. The van der Waals surface area contributed by atoms with Gasteiger partial charge in [-0.15, -0.1) is 88.7 Å². The van der Waals surface area contributed by atoms with E-state index in [-0.39, 0.29) is 211 Å². The third kappa shape index (κ3) is 65.3. The minimum absolute atomic E-state index is 0. The number of likely N-dealkylation sites (N-methyl/N-ethyl adjacent to an activating group) is 3. The smallest absolute Gasteiger partial charge is 1.00 e. The summed E-state index contributed by atoms with van der Waals surface area (Å²) in [5.41, 5.74) is 21.9. The number of aromatic nitrogens is 5. The quantitative estimate of drug-likeness (QED) is 0.0243. The van der Waals surface area contributed by atoms with Gasteiger partial charge in [0.2, 0.25) is 11.8 Å². The number of carboxylic acid groups (broad SMARTS) is 1. The molecule has 5 unspecified atom stereocenters. The van der Waals surface area contributed by atoms with Crippen molar-refractivity contribution < 1.29 is 197 Å². The number of carbonyl (C=O) groups is 3. The Labute approximate surface area is 933 Å². The van der Waals surface area contributed by atoms with Crippen LogP contribution in [0, 0.1) is 174 Å². The number of amides is 1. The second-order valence-electron chi connectivity index (χ2n) is 26.0. The second-order valence-corrected chi connectivity index (χ2v) is 41.9. The van der Waals surface area contributed by atoms with Gasteiger partial charge in [0.25, 0.3) is 30.6 Å². The number of hydrogen-bond donors (Lipinski definition) is 5. The number of para-hydroxylation sites is 1. The van der Waals surface area contributed by atoms with Gasteiger partial charge in [0.05, 0.1) is 68.8 Å². The summed E-state index contributed by atoms with van der Waals surface area (Å²) < 4.78 is 67.3. The number of nitrogens with two attached hydrogens (primary N) is 2. The van der Waals surface area contributed by atoms with Crippen molar-refractivity contribution in [1.29, 1.82) is 0 Å². The summed E-state index contributed by atoms with van der Waals surface area (Å²) in [7, 11) is 30.2. The number of nitrogens with zero attached hydrogens (tertiary/aromatic N) is 12. The maximum absolute atomic E-state index is 12.5. The van der Waals surface area contributed by atoms with Crippen LogP contribution in [0.1, 0.15) is 79.9 Å². The molecule has 48 heteroatoms. The molecule has 5 aromatic heterocycles. The number of aliphatic hydroxyl groups excluding tert-OH is 1. The number of aliphatic hydroxyl groups is 1. The molecule has 140 heavy (non-hydrogen) atoms. The fourth-order valence-corrected chi connectivity index (χ4v) is 11.0. The number of halogens is 5. The van der Waals surface area contributed by atoms with E-state index in [2.05, 4.69) is 233 Å². The van der Waals surface area contributed by atoms with Gasteiger partial charge in [-0.25, -0.2) is 24.9 Å². The molecule has 7 N–H and O–H groups in total. The molecule has 1 aromatic carbocycles. The number of rotatable bonds is 10. The molecule has 746 valence electrons. The van der Waals surface area contributed by atoms with Crippen molar-refractivity contribution in [2.75, 3.05) is 148 Å². The Morgan fingerprint density at radius 1 is 0.493 bits per heavy atom. The molecule has 0 aliphatic carbocycles. The molecule has 11 rings (SSSR count). The minimum Gasteiger partial charge on any atom is -1.00 e. The van der Waals surface area contributed by atoms with Crippen molar-refractivity contribution in [3.63, 3.8) is 0 Å². The SMILES string of the molecule is C#CC#CC#CC#CC.C#CC#CC#CC#CC#C.CC#CC#CC#CC.CO.COc1ccccc1.COc1nc2c(cc1N)CCN(C)CC2.COc1nc2c(cc1N)CCN(C)CC2.COc1nc2c(cc1[N+](=O)[O-])CCN(C(=O)C(F)(F)F)CC2.COc1nc2c(cc1[N+](=O)[O-])CCN(C)CC2.COc1nc2c(cc1[N+](=O)[O-])CCNCC2.Cl.Cl.O=CO.O=CO[O-].PP(P)P.PPP.[H-].[HH].[K+].[K+]. The van der Waals surface area contributed by atoms with Gasteiger partial charge in [0, 0.05) is 146 Å². The monoisotopic (exact) mass is 2160 g/mol.